The zero-order chi connectivity index (χ0) is 20.2. The largest absolute Gasteiger partial charge is 0.464 e. The highest BCUT2D eigenvalue weighted by molar-refractivity contribution is 5.87. The molecule has 4 rings (SSSR count). The number of hydrogen-bond donors (Lipinski definition) is 1. The van der Waals surface area contributed by atoms with Gasteiger partial charge in [0.15, 0.2) is 0 Å². The number of ether oxygens (including phenoxy) is 1. The third-order valence-electron chi connectivity index (χ3n) is 4.42. The van der Waals surface area contributed by atoms with Crippen LogP contribution < -0.4 is 5.32 Å². The van der Waals surface area contributed by atoms with E-state index < -0.39 is 12.2 Å². The molecule has 0 aliphatic heterocycles. The molecule has 6 heteroatoms. The van der Waals surface area contributed by atoms with Crippen LogP contribution in [-0.4, -0.2) is 11.2 Å². The summed E-state index contributed by atoms with van der Waals surface area (Å²) >= 11 is 0. The van der Waals surface area contributed by atoms with Crippen molar-refractivity contribution in [1.82, 2.24) is 5.16 Å². The highest BCUT2D eigenvalue weighted by Gasteiger charge is 2.17. The van der Waals surface area contributed by atoms with Gasteiger partial charge in [0, 0.05) is 10.9 Å². The molecule has 144 valence electrons. The molecule has 1 atom stereocenters. The molecule has 0 spiro atoms. The third kappa shape index (κ3) is 4.14. The number of aromatic nitrogens is 1. The number of carbonyl (C=O) groups is 1. The highest BCUT2D eigenvalue weighted by atomic mass is 16.6. The minimum absolute atomic E-state index is 0.256. The summed E-state index contributed by atoms with van der Waals surface area (Å²) in [5.74, 6) is 6.16. The molecule has 2 heterocycles. The number of amides is 1. The van der Waals surface area contributed by atoms with Gasteiger partial charge in [-0.2, -0.15) is 0 Å². The van der Waals surface area contributed by atoms with Crippen LogP contribution in [-0.2, 0) is 4.74 Å². The molecule has 2 aromatic carbocycles. The van der Waals surface area contributed by atoms with Crippen LogP contribution in [0.5, 0.6) is 0 Å². The zero-order valence-corrected chi connectivity index (χ0v) is 15.9. The maximum atomic E-state index is 12.3. The fourth-order valence-electron chi connectivity index (χ4n) is 2.85. The number of nitrogens with zero attached hydrogens (tertiary/aromatic N) is 1. The second kappa shape index (κ2) is 7.95. The molecule has 6 nitrogen and oxygen atoms in total. The van der Waals surface area contributed by atoms with Gasteiger partial charge >= 0.3 is 6.09 Å². The van der Waals surface area contributed by atoms with E-state index in [1.54, 1.807) is 20.1 Å². The van der Waals surface area contributed by atoms with Crippen LogP contribution in [0, 0.1) is 18.8 Å². The summed E-state index contributed by atoms with van der Waals surface area (Å²) < 4.78 is 16.1. The Hall–Kier alpha value is -3.98. The molecule has 0 bridgehead atoms. The van der Waals surface area contributed by atoms with Crippen LogP contribution in [0.3, 0.4) is 0 Å². The Morgan fingerprint density at radius 1 is 1.14 bits per heavy atom. The molecule has 1 amide bonds. The highest BCUT2D eigenvalue weighted by Crippen LogP contribution is 2.22. The first-order valence-electron chi connectivity index (χ1n) is 9.08. The van der Waals surface area contributed by atoms with E-state index in [4.69, 9.17) is 13.7 Å². The molecule has 0 unspecified atom stereocenters. The zero-order valence-electron chi connectivity index (χ0n) is 15.9. The summed E-state index contributed by atoms with van der Waals surface area (Å²) in [4.78, 5) is 12.3. The van der Waals surface area contributed by atoms with E-state index in [1.807, 2.05) is 54.6 Å². The molecule has 0 fully saturated rings. The monoisotopic (exact) mass is 386 g/mol. The number of carbonyl (C=O) groups excluding carboxylic acids is 1. The van der Waals surface area contributed by atoms with E-state index in [0.29, 0.717) is 11.4 Å². The quantitative estimate of drug-likeness (QED) is 0.475. The fraction of sp³-hybridized carbons (Fsp3) is 0.130. The Morgan fingerprint density at radius 3 is 2.79 bits per heavy atom. The first kappa shape index (κ1) is 18.4. The maximum Gasteiger partial charge on any atom is 0.412 e. The molecular weight excluding hydrogens is 368 g/mol. The van der Waals surface area contributed by atoms with E-state index in [9.17, 15) is 4.79 Å². The maximum absolute atomic E-state index is 12.3. The fourth-order valence-corrected chi connectivity index (χ4v) is 2.85. The molecule has 4 aromatic rings. The molecule has 0 saturated heterocycles. The number of fused-ring (bicyclic) bond motifs is 1. The van der Waals surface area contributed by atoms with Gasteiger partial charge in [-0.15, -0.1) is 0 Å². The van der Waals surface area contributed by atoms with Crippen LogP contribution in [0.25, 0.3) is 11.0 Å². The summed E-state index contributed by atoms with van der Waals surface area (Å²) in [5, 5.41) is 7.58. The van der Waals surface area contributed by atoms with Crippen LogP contribution in [0.1, 0.15) is 35.6 Å². The van der Waals surface area contributed by atoms with Crippen molar-refractivity contribution < 1.29 is 18.5 Å². The van der Waals surface area contributed by atoms with Crippen molar-refractivity contribution in [2.75, 3.05) is 5.32 Å². The van der Waals surface area contributed by atoms with Gasteiger partial charge < -0.3 is 13.7 Å². The van der Waals surface area contributed by atoms with Crippen molar-refractivity contribution in [2.45, 2.75) is 20.0 Å². The molecule has 1 N–H and O–H groups in total. The van der Waals surface area contributed by atoms with Crippen molar-refractivity contribution >= 4 is 22.7 Å². The first-order chi connectivity index (χ1) is 14.1. The van der Waals surface area contributed by atoms with Crippen LogP contribution >= 0.6 is 0 Å². The van der Waals surface area contributed by atoms with Crippen molar-refractivity contribution in [3.63, 3.8) is 0 Å². The van der Waals surface area contributed by atoms with Crippen LogP contribution in [0.4, 0.5) is 10.5 Å². The topological polar surface area (TPSA) is 77.5 Å². The summed E-state index contributed by atoms with van der Waals surface area (Å²) in [7, 11) is 0. The van der Waals surface area contributed by atoms with Gasteiger partial charge in [-0.3, -0.25) is 5.32 Å². The lowest BCUT2D eigenvalue weighted by atomic mass is 10.1. The van der Waals surface area contributed by atoms with Crippen molar-refractivity contribution in [1.29, 1.82) is 0 Å². The summed E-state index contributed by atoms with van der Waals surface area (Å²) in [5.41, 5.74) is 3.31. The predicted molar refractivity (Wildman–Crippen MR) is 108 cm³/mol. The Morgan fingerprint density at radius 2 is 1.97 bits per heavy atom. The SMILES string of the molecule is Cc1noc(C#Cc2ccc3ccoc3c2)c1NC(=O)O[C@H](C)c1ccccc1. The lowest BCUT2D eigenvalue weighted by Crippen LogP contribution is -2.16. The number of rotatable bonds is 3. The molecular formula is C23H18N2O4. The Labute approximate surface area is 167 Å². The minimum atomic E-state index is -0.604. The van der Waals surface area contributed by atoms with Crippen molar-refractivity contribution in [2.24, 2.45) is 0 Å². The van der Waals surface area contributed by atoms with Crippen molar-refractivity contribution in [3.05, 3.63) is 83.4 Å². The van der Waals surface area contributed by atoms with E-state index >= 15 is 0 Å². The standard InChI is InChI=1S/C23H18N2O4/c1-15-22(24-23(26)28-16(2)18-6-4-3-5-7-18)20(29-25-15)11-9-17-8-10-19-12-13-27-21(19)14-17/h3-8,10,12-14,16H,1-2H3,(H,24,26)/t16-/m1/s1. The van der Waals surface area contributed by atoms with E-state index in [0.717, 1.165) is 22.1 Å². The van der Waals surface area contributed by atoms with Gasteiger partial charge in [-0.1, -0.05) is 41.4 Å². The average Bonchev–Trinajstić information content (AvgIpc) is 3.33. The second-order valence-corrected chi connectivity index (χ2v) is 6.48. The van der Waals surface area contributed by atoms with Gasteiger partial charge in [0.1, 0.15) is 23.1 Å². The summed E-state index contributed by atoms with van der Waals surface area (Å²) in [6.45, 7) is 3.53. The summed E-state index contributed by atoms with van der Waals surface area (Å²) in [6, 6.07) is 17.0. The third-order valence-corrected chi connectivity index (χ3v) is 4.42. The van der Waals surface area contributed by atoms with E-state index in [-0.39, 0.29) is 5.76 Å². The van der Waals surface area contributed by atoms with Gasteiger partial charge in [-0.25, -0.2) is 4.79 Å². The molecule has 0 radical (unpaired) electrons. The lowest BCUT2D eigenvalue weighted by molar-refractivity contribution is 0.121. The van der Waals surface area contributed by atoms with Crippen molar-refractivity contribution in [3.8, 4) is 11.8 Å². The minimum Gasteiger partial charge on any atom is -0.464 e. The van der Waals surface area contributed by atoms with Gasteiger partial charge in [0.2, 0.25) is 5.76 Å². The number of benzene rings is 2. The number of hydrogen-bond acceptors (Lipinski definition) is 5. The van der Waals surface area contributed by atoms with E-state index in [2.05, 4.69) is 22.3 Å². The normalized spacial score (nSPS) is 11.5. The summed E-state index contributed by atoms with van der Waals surface area (Å²) in [6.07, 6.45) is 0.629. The number of anilines is 1. The number of aryl methyl sites for hydroxylation is 1. The van der Waals surface area contributed by atoms with Gasteiger partial charge in [-0.05, 0) is 49.6 Å². The average molecular weight is 386 g/mol. The number of furan rings is 1. The van der Waals surface area contributed by atoms with Gasteiger partial charge in [0.05, 0.1) is 6.26 Å². The van der Waals surface area contributed by atoms with Gasteiger partial charge in [0.25, 0.3) is 0 Å². The smallest absolute Gasteiger partial charge is 0.412 e. The molecule has 2 aromatic heterocycles. The Balaban J connectivity index is 1.49. The molecule has 0 aliphatic rings. The Bertz CT molecular complexity index is 1210. The molecule has 29 heavy (non-hydrogen) atoms. The number of nitrogens with one attached hydrogen (secondary N) is 1. The molecule has 0 saturated carbocycles. The lowest BCUT2D eigenvalue weighted by Gasteiger charge is -2.13. The first-order valence-corrected chi connectivity index (χ1v) is 9.08. The second-order valence-electron chi connectivity index (χ2n) is 6.48. The van der Waals surface area contributed by atoms with E-state index in [1.165, 1.54) is 0 Å². The van der Waals surface area contributed by atoms with Crippen LogP contribution in [0.2, 0.25) is 0 Å². The Kier molecular flexibility index (Phi) is 5.04. The molecule has 0 aliphatic carbocycles. The van der Waals surface area contributed by atoms with Crippen LogP contribution in [0.15, 0.2) is 69.8 Å². The predicted octanol–water partition coefficient (Wildman–Crippen LogP) is 5.44.